The second-order valence-electron chi connectivity index (χ2n) is 4.84. The van der Waals surface area contributed by atoms with Crippen molar-refractivity contribution in [1.82, 2.24) is 4.57 Å². The van der Waals surface area contributed by atoms with Crippen molar-refractivity contribution < 1.29 is 15.0 Å². The van der Waals surface area contributed by atoms with Crippen LogP contribution in [0.1, 0.15) is 28.0 Å². The maximum atomic E-state index is 11.4. The van der Waals surface area contributed by atoms with E-state index in [9.17, 15) is 15.0 Å². The van der Waals surface area contributed by atoms with Crippen molar-refractivity contribution in [2.45, 2.75) is 26.3 Å². The van der Waals surface area contributed by atoms with Gasteiger partial charge in [-0.05, 0) is 44.0 Å². The molecule has 0 atom stereocenters. The molecule has 0 saturated heterocycles. The highest BCUT2D eigenvalue weighted by molar-refractivity contribution is 6.05. The molecular weight excluding hydrogens is 256 g/mol. The van der Waals surface area contributed by atoms with Crippen molar-refractivity contribution in [3.8, 4) is 0 Å². The number of aryl methyl sites for hydroxylation is 1. The molecule has 0 bridgehead atoms. The third-order valence-corrected chi connectivity index (χ3v) is 3.66. The number of carbonyl (C=O) groups is 1. The van der Waals surface area contributed by atoms with Crippen LogP contribution < -0.4 is 5.73 Å². The molecule has 2 rings (SSSR count). The highest BCUT2D eigenvalue weighted by atomic mass is 16.4. The van der Waals surface area contributed by atoms with Crippen LogP contribution in [-0.2, 0) is 13.0 Å². The van der Waals surface area contributed by atoms with Crippen LogP contribution in [0.25, 0.3) is 10.9 Å². The number of carboxylic acid groups (broad SMARTS) is 1. The summed E-state index contributed by atoms with van der Waals surface area (Å²) in [6.45, 7) is 3.03. The van der Waals surface area contributed by atoms with E-state index in [0.717, 1.165) is 35.0 Å². The third-order valence-electron chi connectivity index (χ3n) is 3.66. The molecule has 0 aliphatic heterocycles. The van der Waals surface area contributed by atoms with Crippen LogP contribution in [0.3, 0.4) is 0 Å². The molecule has 0 amide bonds. The molecule has 108 valence electrons. The molecule has 5 nitrogen and oxygen atoms in total. The van der Waals surface area contributed by atoms with Gasteiger partial charge in [0.15, 0.2) is 0 Å². The van der Waals surface area contributed by atoms with E-state index < -0.39 is 5.97 Å². The normalized spacial score (nSPS) is 11.2. The van der Waals surface area contributed by atoms with Crippen molar-refractivity contribution in [2.24, 2.45) is 5.73 Å². The summed E-state index contributed by atoms with van der Waals surface area (Å²) in [5.74, 6) is -0.925. The first-order chi connectivity index (χ1) is 9.61. The molecule has 20 heavy (non-hydrogen) atoms. The SMILES string of the molecule is Cc1c(CCCN)c2c(C(=O)O)cccc2n1CCO. The third kappa shape index (κ3) is 2.42. The summed E-state index contributed by atoms with van der Waals surface area (Å²) in [5, 5.41) is 19.4. The standard InChI is InChI=1S/C15H20N2O3/c1-10-11(5-3-7-16)14-12(15(19)20)4-2-6-13(14)17(10)8-9-18/h2,4,6,18H,3,5,7-9,16H2,1H3,(H,19,20). The molecule has 2 aromatic rings. The smallest absolute Gasteiger partial charge is 0.336 e. The molecule has 0 unspecified atom stereocenters. The lowest BCUT2D eigenvalue weighted by molar-refractivity contribution is 0.0699. The minimum Gasteiger partial charge on any atom is -0.478 e. The van der Waals surface area contributed by atoms with Gasteiger partial charge in [0.25, 0.3) is 0 Å². The molecule has 5 heteroatoms. The van der Waals surface area contributed by atoms with Crippen LogP contribution >= 0.6 is 0 Å². The molecule has 0 saturated carbocycles. The van der Waals surface area contributed by atoms with E-state index in [-0.39, 0.29) is 6.61 Å². The fourth-order valence-electron chi connectivity index (χ4n) is 2.76. The highest BCUT2D eigenvalue weighted by Crippen LogP contribution is 2.30. The average Bonchev–Trinajstić information content (AvgIpc) is 2.70. The summed E-state index contributed by atoms with van der Waals surface area (Å²) in [6.07, 6.45) is 1.56. The molecule has 0 radical (unpaired) electrons. The van der Waals surface area contributed by atoms with Crippen LogP contribution in [0.5, 0.6) is 0 Å². The number of hydrogen-bond acceptors (Lipinski definition) is 3. The number of hydrogen-bond donors (Lipinski definition) is 3. The number of aliphatic hydroxyl groups is 1. The average molecular weight is 276 g/mol. The Hall–Kier alpha value is -1.85. The fourth-order valence-corrected chi connectivity index (χ4v) is 2.76. The summed E-state index contributed by atoms with van der Waals surface area (Å²) in [4.78, 5) is 11.4. The zero-order chi connectivity index (χ0) is 14.7. The molecule has 1 aromatic carbocycles. The van der Waals surface area contributed by atoms with Gasteiger partial charge < -0.3 is 20.5 Å². The van der Waals surface area contributed by atoms with Crippen LogP contribution in [-0.4, -0.2) is 33.9 Å². The molecule has 0 aliphatic carbocycles. The van der Waals surface area contributed by atoms with Gasteiger partial charge in [-0.3, -0.25) is 0 Å². The topological polar surface area (TPSA) is 88.5 Å². The predicted molar refractivity (Wildman–Crippen MR) is 78.1 cm³/mol. The number of aromatic carboxylic acids is 1. The minimum absolute atomic E-state index is 0.0260. The maximum absolute atomic E-state index is 11.4. The number of nitrogens with two attached hydrogens (primary N) is 1. The van der Waals surface area contributed by atoms with Gasteiger partial charge in [0.1, 0.15) is 0 Å². The van der Waals surface area contributed by atoms with E-state index in [1.54, 1.807) is 12.1 Å². The molecular formula is C15H20N2O3. The highest BCUT2D eigenvalue weighted by Gasteiger charge is 2.19. The summed E-state index contributed by atoms with van der Waals surface area (Å²) in [5.41, 5.74) is 8.78. The Morgan fingerprint density at radius 2 is 2.15 bits per heavy atom. The van der Waals surface area contributed by atoms with E-state index >= 15 is 0 Å². The predicted octanol–water partition coefficient (Wildman–Crippen LogP) is 1.53. The van der Waals surface area contributed by atoms with Crippen molar-refractivity contribution in [3.63, 3.8) is 0 Å². The van der Waals surface area contributed by atoms with Crippen molar-refractivity contribution >= 4 is 16.9 Å². The van der Waals surface area contributed by atoms with Crippen LogP contribution in [0.4, 0.5) is 0 Å². The lowest BCUT2D eigenvalue weighted by Gasteiger charge is -2.06. The molecule has 1 heterocycles. The van der Waals surface area contributed by atoms with Crippen molar-refractivity contribution in [2.75, 3.05) is 13.2 Å². The Balaban J connectivity index is 2.73. The molecule has 0 spiro atoms. The number of nitrogens with zero attached hydrogens (tertiary/aromatic N) is 1. The van der Waals surface area contributed by atoms with Gasteiger partial charge in [0.05, 0.1) is 12.2 Å². The van der Waals surface area contributed by atoms with Gasteiger partial charge in [-0.2, -0.15) is 0 Å². The van der Waals surface area contributed by atoms with E-state index in [1.165, 1.54) is 0 Å². The summed E-state index contributed by atoms with van der Waals surface area (Å²) < 4.78 is 1.98. The lowest BCUT2D eigenvalue weighted by Crippen LogP contribution is -2.05. The van der Waals surface area contributed by atoms with E-state index in [4.69, 9.17) is 5.73 Å². The molecule has 1 aromatic heterocycles. The number of fused-ring (bicyclic) bond motifs is 1. The number of benzene rings is 1. The largest absolute Gasteiger partial charge is 0.478 e. The van der Waals surface area contributed by atoms with Gasteiger partial charge in [-0.15, -0.1) is 0 Å². The van der Waals surface area contributed by atoms with Gasteiger partial charge in [0.2, 0.25) is 0 Å². The quantitative estimate of drug-likeness (QED) is 0.746. The first-order valence-electron chi connectivity index (χ1n) is 6.76. The molecule has 0 aliphatic rings. The number of rotatable bonds is 6. The Kier molecular flexibility index (Phi) is 4.42. The van der Waals surface area contributed by atoms with Crippen LogP contribution in [0.15, 0.2) is 18.2 Å². The summed E-state index contributed by atoms with van der Waals surface area (Å²) in [6, 6.07) is 5.27. The lowest BCUT2D eigenvalue weighted by atomic mass is 10.0. The number of aromatic nitrogens is 1. The van der Waals surface area contributed by atoms with Crippen molar-refractivity contribution in [3.05, 3.63) is 35.0 Å². The van der Waals surface area contributed by atoms with Crippen molar-refractivity contribution in [1.29, 1.82) is 0 Å². The second-order valence-corrected chi connectivity index (χ2v) is 4.84. The van der Waals surface area contributed by atoms with Gasteiger partial charge in [-0.1, -0.05) is 6.07 Å². The van der Waals surface area contributed by atoms with E-state index in [1.807, 2.05) is 17.6 Å². The Labute approximate surface area is 117 Å². The second kappa shape index (κ2) is 6.07. The first-order valence-corrected chi connectivity index (χ1v) is 6.76. The monoisotopic (exact) mass is 276 g/mol. The zero-order valence-electron chi connectivity index (χ0n) is 11.6. The van der Waals surface area contributed by atoms with Gasteiger partial charge in [-0.25, -0.2) is 4.79 Å². The first kappa shape index (κ1) is 14.6. The molecule has 4 N–H and O–H groups in total. The van der Waals surface area contributed by atoms with Gasteiger partial charge >= 0.3 is 5.97 Å². The Bertz CT molecular complexity index is 632. The summed E-state index contributed by atoms with van der Waals surface area (Å²) >= 11 is 0. The number of aliphatic hydroxyl groups excluding tert-OH is 1. The maximum Gasteiger partial charge on any atom is 0.336 e. The molecule has 0 fully saturated rings. The van der Waals surface area contributed by atoms with Crippen LogP contribution in [0, 0.1) is 6.92 Å². The minimum atomic E-state index is -0.925. The van der Waals surface area contributed by atoms with E-state index in [0.29, 0.717) is 18.7 Å². The summed E-state index contributed by atoms with van der Waals surface area (Å²) in [7, 11) is 0. The Morgan fingerprint density at radius 3 is 2.75 bits per heavy atom. The van der Waals surface area contributed by atoms with E-state index in [2.05, 4.69) is 0 Å². The van der Waals surface area contributed by atoms with Gasteiger partial charge in [0, 0.05) is 23.1 Å². The fraction of sp³-hybridized carbons (Fsp3) is 0.400. The van der Waals surface area contributed by atoms with Crippen LogP contribution in [0.2, 0.25) is 0 Å². The zero-order valence-corrected chi connectivity index (χ0v) is 11.6. The number of carboxylic acids is 1. The Morgan fingerprint density at radius 1 is 1.40 bits per heavy atom.